The highest BCUT2D eigenvalue weighted by Crippen LogP contribution is 2.46. The largest absolute Gasteiger partial charge is 0.331 e. The Balaban J connectivity index is 1.73. The van der Waals surface area contributed by atoms with Crippen LogP contribution in [0.25, 0.3) is 0 Å². The number of hydrogen-bond donors (Lipinski definition) is 1. The number of halogens is 3. The van der Waals surface area contributed by atoms with E-state index in [0.29, 0.717) is 28.7 Å². The van der Waals surface area contributed by atoms with E-state index in [-0.39, 0.29) is 12.2 Å². The van der Waals surface area contributed by atoms with Crippen LogP contribution in [0.1, 0.15) is 0 Å². The van der Waals surface area contributed by atoms with Crippen LogP contribution in [0.5, 0.6) is 0 Å². The zero-order valence-electron chi connectivity index (χ0n) is 14.9. The van der Waals surface area contributed by atoms with Crippen LogP contribution in [0.3, 0.4) is 0 Å². The molecule has 1 fully saturated rings. The van der Waals surface area contributed by atoms with Crippen LogP contribution in [0, 0.1) is 17.5 Å². The van der Waals surface area contributed by atoms with E-state index in [4.69, 9.17) is 0 Å². The van der Waals surface area contributed by atoms with Crippen LogP contribution in [0.4, 0.5) is 30.2 Å². The normalized spacial score (nSPS) is 19.1. The number of nitrogens with one attached hydrogen (secondary N) is 1. The minimum Gasteiger partial charge on any atom is -0.314 e. The highest BCUT2D eigenvalue weighted by Gasteiger charge is 2.43. The predicted molar refractivity (Wildman–Crippen MR) is 100 cm³/mol. The average molecular weight is 412 g/mol. The fourth-order valence-corrected chi connectivity index (χ4v) is 5.28. The molecule has 2 aliphatic rings. The van der Waals surface area contributed by atoms with E-state index < -0.39 is 33.3 Å². The van der Waals surface area contributed by atoms with Crippen molar-refractivity contribution in [2.45, 2.75) is 0 Å². The summed E-state index contributed by atoms with van der Waals surface area (Å²) in [5, 5.41) is 3.22. The summed E-state index contributed by atoms with van der Waals surface area (Å²) in [5.74, 6) is -3.67. The number of rotatable bonds is 4. The molecule has 1 saturated heterocycles. The van der Waals surface area contributed by atoms with Crippen LogP contribution < -0.4 is 13.9 Å². The van der Waals surface area contributed by atoms with Crippen molar-refractivity contribution in [1.82, 2.24) is 10.2 Å². The molecule has 6 nitrogen and oxygen atoms in total. The summed E-state index contributed by atoms with van der Waals surface area (Å²) in [6, 6.07) is 7.25. The van der Waals surface area contributed by atoms with Crippen molar-refractivity contribution in [2.75, 3.05) is 47.9 Å². The molecule has 0 saturated carbocycles. The number of fused-ring (bicyclic) bond motifs is 1. The summed E-state index contributed by atoms with van der Waals surface area (Å²) >= 11 is 0. The third-order valence-corrected chi connectivity index (χ3v) is 6.67. The van der Waals surface area contributed by atoms with E-state index in [1.165, 1.54) is 6.07 Å². The van der Waals surface area contributed by atoms with E-state index in [0.717, 1.165) is 30.5 Å². The molecule has 1 N–H and O–H groups in total. The molecule has 2 aromatic carbocycles. The summed E-state index contributed by atoms with van der Waals surface area (Å²) in [6.45, 7) is 3.85. The Labute approximate surface area is 161 Å². The van der Waals surface area contributed by atoms with E-state index >= 15 is 0 Å². The van der Waals surface area contributed by atoms with Gasteiger partial charge in [-0.25, -0.2) is 21.8 Å². The quantitative estimate of drug-likeness (QED) is 0.837. The summed E-state index contributed by atoms with van der Waals surface area (Å²) in [4.78, 5) is 2.12. The van der Waals surface area contributed by atoms with Crippen LogP contribution in [0.15, 0.2) is 36.4 Å². The zero-order valence-corrected chi connectivity index (χ0v) is 15.7. The maximum absolute atomic E-state index is 14.4. The number of piperazine rings is 1. The second kappa shape index (κ2) is 7.26. The molecule has 2 aromatic rings. The van der Waals surface area contributed by atoms with Gasteiger partial charge >= 0.3 is 10.2 Å². The first-order valence-electron chi connectivity index (χ1n) is 8.89. The van der Waals surface area contributed by atoms with Crippen LogP contribution >= 0.6 is 0 Å². The van der Waals surface area contributed by atoms with E-state index in [1.807, 2.05) is 0 Å². The van der Waals surface area contributed by atoms with Gasteiger partial charge < -0.3 is 5.32 Å². The number of nitrogens with zero attached hydrogens (tertiary/aromatic N) is 3. The topological polar surface area (TPSA) is 55.9 Å². The fraction of sp³-hybridized carbons (Fsp3) is 0.333. The van der Waals surface area contributed by atoms with Gasteiger partial charge in [0.15, 0.2) is 11.6 Å². The predicted octanol–water partition coefficient (Wildman–Crippen LogP) is 2.21. The van der Waals surface area contributed by atoms with Gasteiger partial charge in [-0.05, 0) is 12.1 Å². The molecule has 28 heavy (non-hydrogen) atoms. The molecule has 0 amide bonds. The van der Waals surface area contributed by atoms with Gasteiger partial charge in [0.1, 0.15) is 11.5 Å². The highest BCUT2D eigenvalue weighted by molar-refractivity contribution is 7.95. The lowest BCUT2D eigenvalue weighted by Gasteiger charge is -2.29. The minimum atomic E-state index is -4.28. The second-order valence-electron chi connectivity index (χ2n) is 6.64. The lowest BCUT2D eigenvalue weighted by atomic mass is 10.2. The van der Waals surface area contributed by atoms with Crippen LogP contribution in [-0.4, -0.2) is 52.6 Å². The fourth-order valence-electron chi connectivity index (χ4n) is 3.56. The molecule has 0 atom stereocenters. The maximum Gasteiger partial charge on any atom is 0.331 e. The van der Waals surface area contributed by atoms with Gasteiger partial charge in [0.05, 0.1) is 11.4 Å². The Kier molecular flexibility index (Phi) is 4.94. The smallest absolute Gasteiger partial charge is 0.314 e. The van der Waals surface area contributed by atoms with Gasteiger partial charge in [0.2, 0.25) is 0 Å². The van der Waals surface area contributed by atoms with E-state index in [9.17, 15) is 21.6 Å². The minimum absolute atomic E-state index is 0.132. The molecule has 0 aromatic heterocycles. The number of hydrogen-bond acceptors (Lipinski definition) is 4. The third kappa shape index (κ3) is 3.21. The number of anilines is 3. The molecule has 0 spiro atoms. The summed E-state index contributed by atoms with van der Waals surface area (Å²) in [6.07, 6.45) is 0. The van der Waals surface area contributed by atoms with Gasteiger partial charge in [-0.2, -0.15) is 8.42 Å². The first kappa shape index (κ1) is 19.0. The van der Waals surface area contributed by atoms with Crippen molar-refractivity contribution in [3.05, 3.63) is 53.8 Å². The summed E-state index contributed by atoms with van der Waals surface area (Å²) < 4.78 is 70.3. The van der Waals surface area contributed by atoms with Crippen LogP contribution in [-0.2, 0) is 10.2 Å². The second-order valence-corrected chi connectivity index (χ2v) is 8.34. The van der Waals surface area contributed by atoms with E-state index in [1.54, 1.807) is 18.2 Å². The first-order valence-corrected chi connectivity index (χ1v) is 10.3. The molecule has 2 aliphatic heterocycles. The molecule has 4 rings (SSSR count). The molecule has 0 radical (unpaired) electrons. The van der Waals surface area contributed by atoms with Crippen molar-refractivity contribution in [2.24, 2.45) is 0 Å². The lowest BCUT2D eigenvalue weighted by molar-refractivity contribution is 0.248. The average Bonchev–Trinajstić information content (AvgIpc) is 2.87. The van der Waals surface area contributed by atoms with E-state index in [2.05, 4.69) is 10.2 Å². The van der Waals surface area contributed by atoms with Crippen molar-refractivity contribution >= 4 is 27.3 Å². The molecule has 0 bridgehead atoms. The molecule has 0 unspecified atom stereocenters. The molecule has 150 valence electrons. The van der Waals surface area contributed by atoms with Gasteiger partial charge in [-0.15, -0.1) is 0 Å². The highest BCUT2D eigenvalue weighted by atomic mass is 32.2. The Morgan fingerprint density at radius 3 is 2.18 bits per heavy atom. The molecule has 0 aliphatic carbocycles. The molecular weight excluding hydrogens is 393 g/mol. The Morgan fingerprint density at radius 1 is 0.929 bits per heavy atom. The van der Waals surface area contributed by atoms with Gasteiger partial charge in [-0.1, -0.05) is 12.1 Å². The molecule has 2 heterocycles. The number of benzene rings is 2. The Morgan fingerprint density at radius 2 is 1.54 bits per heavy atom. The SMILES string of the molecule is O=S1(=O)N(CCN2CCNCC2)c2ccccc2N1c1c(F)cc(F)cc1F. The lowest BCUT2D eigenvalue weighted by Crippen LogP contribution is -2.47. The van der Waals surface area contributed by atoms with Crippen molar-refractivity contribution in [3.63, 3.8) is 0 Å². The van der Waals surface area contributed by atoms with Gasteiger partial charge in [0.25, 0.3) is 0 Å². The monoisotopic (exact) mass is 412 g/mol. The van der Waals surface area contributed by atoms with Gasteiger partial charge in [0, 0.05) is 51.4 Å². The third-order valence-electron chi connectivity index (χ3n) is 4.89. The number of para-hydroxylation sites is 2. The summed E-state index contributed by atoms with van der Waals surface area (Å²) in [7, 11) is -4.28. The molecular formula is C18H19F3N4O2S. The maximum atomic E-state index is 14.4. The van der Waals surface area contributed by atoms with Crippen molar-refractivity contribution < 1.29 is 21.6 Å². The first-order chi connectivity index (χ1) is 13.4. The van der Waals surface area contributed by atoms with Gasteiger partial charge in [-0.3, -0.25) is 4.90 Å². The summed E-state index contributed by atoms with van der Waals surface area (Å²) in [5.41, 5.74) is -0.341. The Hall–Kier alpha value is -2.30. The van der Waals surface area contributed by atoms with Crippen LogP contribution in [0.2, 0.25) is 0 Å². The van der Waals surface area contributed by atoms with Crippen molar-refractivity contribution in [1.29, 1.82) is 0 Å². The zero-order chi connectivity index (χ0) is 19.9. The Bertz CT molecular complexity index is 973. The standard InChI is InChI=1S/C18H19F3N4O2S/c19-13-11-14(20)18(15(21)12-13)25-17-4-2-1-3-16(17)24(28(25,26)27)10-9-23-7-5-22-6-8-23/h1-4,11-12,22H,5-10H2. The van der Waals surface area contributed by atoms with Crippen molar-refractivity contribution in [3.8, 4) is 0 Å². The molecule has 10 heteroatoms.